The Morgan fingerprint density at radius 3 is 2.67 bits per heavy atom. The van der Waals surface area contributed by atoms with Crippen molar-refractivity contribution in [3.8, 4) is 0 Å². The molecule has 9 heteroatoms. The summed E-state index contributed by atoms with van der Waals surface area (Å²) in [4.78, 5) is 33.3. The van der Waals surface area contributed by atoms with Gasteiger partial charge < -0.3 is 20.5 Å². The van der Waals surface area contributed by atoms with Crippen molar-refractivity contribution in [1.29, 1.82) is 0 Å². The number of aryl methyl sites for hydroxylation is 1. The lowest BCUT2D eigenvalue weighted by Crippen LogP contribution is -2.23. The number of nitrogens with one attached hydrogen (secondary N) is 1. The molecule has 3 N–H and O–H groups in total. The van der Waals surface area contributed by atoms with E-state index in [0.29, 0.717) is 30.5 Å². The minimum absolute atomic E-state index is 0.176. The molecule has 1 saturated heterocycles. The highest BCUT2D eigenvalue weighted by Gasteiger charge is 2.30. The molecule has 1 saturated carbocycles. The molecular weight excluding hydrogens is 452 g/mol. The molecule has 2 aliphatic rings. The van der Waals surface area contributed by atoms with Gasteiger partial charge in [0.2, 0.25) is 5.95 Å². The van der Waals surface area contributed by atoms with Gasteiger partial charge in [-0.05, 0) is 67.3 Å². The van der Waals surface area contributed by atoms with Gasteiger partial charge in [-0.1, -0.05) is 0 Å². The SMILES string of the molecule is Cc1cc2c(N)nccc2cc1CNC(=O)c1cn(Cc2cnc(N3CCCC3)nc2)c(C2CC2)n1. The summed E-state index contributed by atoms with van der Waals surface area (Å²) in [7, 11) is 0. The van der Waals surface area contributed by atoms with Gasteiger partial charge in [0.25, 0.3) is 5.91 Å². The summed E-state index contributed by atoms with van der Waals surface area (Å²) >= 11 is 0. The molecular formula is C27H30N8O. The van der Waals surface area contributed by atoms with Gasteiger partial charge in [-0.3, -0.25) is 4.79 Å². The second-order valence-electron chi connectivity index (χ2n) is 9.85. The van der Waals surface area contributed by atoms with E-state index in [1.165, 1.54) is 12.8 Å². The largest absolute Gasteiger partial charge is 0.383 e. The monoisotopic (exact) mass is 482 g/mol. The van der Waals surface area contributed by atoms with Gasteiger partial charge >= 0.3 is 0 Å². The second-order valence-corrected chi connectivity index (χ2v) is 9.85. The summed E-state index contributed by atoms with van der Waals surface area (Å²) in [5.41, 5.74) is 9.56. The van der Waals surface area contributed by atoms with E-state index in [-0.39, 0.29) is 5.91 Å². The summed E-state index contributed by atoms with van der Waals surface area (Å²) in [5, 5.41) is 4.98. The number of rotatable bonds is 7. The fraction of sp³-hybridized carbons (Fsp3) is 0.370. The highest BCUT2D eigenvalue weighted by atomic mass is 16.1. The zero-order valence-corrected chi connectivity index (χ0v) is 20.4. The smallest absolute Gasteiger partial charge is 0.271 e. The molecule has 6 rings (SSSR count). The molecule has 1 aliphatic heterocycles. The number of hydrogen-bond acceptors (Lipinski definition) is 7. The minimum atomic E-state index is -0.176. The number of amides is 1. The maximum absolute atomic E-state index is 13.1. The van der Waals surface area contributed by atoms with Crippen LogP contribution in [0.3, 0.4) is 0 Å². The van der Waals surface area contributed by atoms with Crippen LogP contribution >= 0.6 is 0 Å². The van der Waals surface area contributed by atoms with Crippen LogP contribution in [0.2, 0.25) is 0 Å². The molecule has 2 fully saturated rings. The number of imidazole rings is 1. The number of carbonyl (C=O) groups excluding carboxylic acids is 1. The van der Waals surface area contributed by atoms with Crippen LogP contribution in [0, 0.1) is 6.92 Å². The van der Waals surface area contributed by atoms with E-state index in [0.717, 1.165) is 65.2 Å². The number of aromatic nitrogens is 5. The van der Waals surface area contributed by atoms with E-state index in [1.807, 2.05) is 37.6 Å². The van der Waals surface area contributed by atoms with Crippen LogP contribution < -0.4 is 16.0 Å². The fourth-order valence-corrected chi connectivity index (χ4v) is 4.90. The van der Waals surface area contributed by atoms with Crippen molar-refractivity contribution in [2.24, 2.45) is 0 Å². The van der Waals surface area contributed by atoms with Crippen molar-refractivity contribution in [1.82, 2.24) is 29.8 Å². The first kappa shape index (κ1) is 22.5. The topological polar surface area (TPSA) is 115 Å². The van der Waals surface area contributed by atoms with Gasteiger partial charge in [0.05, 0.1) is 6.54 Å². The Morgan fingerprint density at radius 2 is 1.92 bits per heavy atom. The number of anilines is 2. The Balaban J connectivity index is 1.17. The van der Waals surface area contributed by atoms with Crippen molar-refractivity contribution in [2.75, 3.05) is 23.7 Å². The van der Waals surface area contributed by atoms with E-state index in [2.05, 4.69) is 35.8 Å². The Kier molecular flexibility index (Phi) is 5.75. The van der Waals surface area contributed by atoms with Crippen molar-refractivity contribution in [3.63, 3.8) is 0 Å². The molecule has 9 nitrogen and oxygen atoms in total. The minimum Gasteiger partial charge on any atom is -0.383 e. The highest BCUT2D eigenvalue weighted by molar-refractivity contribution is 5.93. The molecule has 3 aromatic heterocycles. The first-order valence-electron chi connectivity index (χ1n) is 12.6. The third-order valence-corrected chi connectivity index (χ3v) is 7.11. The van der Waals surface area contributed by atoms with Crippen LogP contribution in [0.5, 0.6) is 0 Å². The third kappa shape index (κ3) is 4.48. The van der Waals surface area contributed by atoms with Crippen LogP contribution in [-0.4, -0.2) is 43.5 Å². The van der Waals surface area contributed by atoms with Crippen LogP contribution in [0.1, 0.15) is 64.6 Å². The molecule has 4 heterocycles. The first-order valence-corrected chi connectivity index (χ1v) is 12.6. The van der Waals surface area contributed by atoms with Gasteiger partial charge in [0.1, 0.15) is 17.3 Å². The molecule has 4 aromatic rings. The Bertz CT molecular complexity index is 1420. The van der Waals surface area contributed by atoms with Gasteiger partial charge in [0.15, 0.2) is 0 Å². The van der Waals surface area contributed by atoms with Gasteiger partial charge in [-0.2, -0.15) is 0 Å². The van der Waals surface area contributed by atoms with Gasteiger partial charge in [-0.15, -0.1) is 0 Å². The van der Waals surface area contributed by atoms with Crippen LogP contribution in [-0.2, 0) is 13.1 Å². The first-order chi connectivity index (χ1) is 17.5. The number of nitrogens with zero attached hydrogens (tertiary/aromatic N) is 6. The highest BCUT2D eigenvalue weighted by Crippen LogP contribution is 2.39. The quantitative estimate of drug-likeness (QED) is 0.414. The molecule has 0 unspecified atom stereocenters. The normalized spacial score (nSPS) is 15.5. The van der Waals surface area contributed by atoms with Crippen LogP contribution in [0.25, 0.3) is 10.8 Å². The predicted octanol–water partition coefficient (Wildman–Crippen LogP) is 3.57. The molecule has 36 heavy (non-hydrogen) atoms. The molecule has 0 atom stereocenters. The maximum Gasteiger partial charge on any atom is 0.271 e. The average Bonchev–Trinajstić information content (AvgIpc) is 3.40. The molecule has 0 spiro atoms. The number of hydrogen-bond donors (Lipinski definition) is 2. The third-order valence-electron chi connectivity index (χ3n) is 7.11. The number of benzene rings is 1. The Morgan fingerprint density at radius 1 is 1.14 bits per heavy atom. The predicted molar refractivity (Wildman–Crippen MR) is 139 cm³/mol. The number of carbonyl (C=O) groups is 1. The van der Waals surface area contributed by atoms with E-state index >= 15 is 0 Å². The molecule has 1 aliphatic carbocycles. The Hall–Kier alpha value is -4.01. The number of pyridine rings is 1. The van der Waals surface area contributed by atoms with Crippen molar-refractivity contribution in [2.45, 2.75) is 51.6 Å². The van der Waals surface area contributed by atoms with E-state index in [9.17, 15) is 4.79 Å². The zero-order chi connectivity index (χ0) is 24.6. The maximum atomic E-state index is 13.1. The molecule has 0 radical (unpaired) electrons. The molecule has 1 aromatic carbocycles. The van der Waals surface area contributed by atoms with E-state index in [4.69, 9.17) is 10.7 Å². The Labute approximate surface area is 209 Å². The lowest BCUT2D eigenvalue weighted by molar-refractivity contribution is 0.0946. The lowest BCUT2D eigenvalue weighted by atomic mass is 10.0. The summed E-state index contributed by atoms with van der Waals surface area (Å²) < 4.78 is 2.08. The summed E-state index contributed by atoms with van der Waals surface area (Å²) in [6.07, 6.45) is 11.9. The van der Waals surface area contributed by atoms with E-state index < -0.39 is 0 Å². The van der Waals surface area contributed by atoms with E-state index in [1.54, 1.807) is 6.20 Å². The van der Waals surface area contributed by atoms with Crippen LogP contribution in [0.4, 0.5) is 11.8 Å². The summed E-state index contributed by atoms with van der Waals surface area (Å²) in [6.45, 7) is 5.08. The molecule has 0 bridgehead atoms. The molecule has 1 amide bonds. The van der Waals surface area contributed by atoms with Crippen molar-refractivity contribution >= 4 is 28.4 Å². The summed E-state index contributed by atoms with van der Waals surface area (Å²) in [5.74, 6) is 2.52. The van der Waals surface area contributed by atoms with Gasteiger partial charge in [0, 0.05) is 61.3 Å². The fourth-order valence-electron chi connectivity index (χ4n) is 4.90. The number of fused-ring (bicyclic) bond motifs is 1. The average molecular weight is 483 g/mol. The lowest BCUT2D eigenvalue weighted by Gasteiger charge is -2.15. The summed E-state index contributed by atoms with van der Waals surface area (Å²) in [6, 6.07) is 6.01. The number of nitrogen functional groups attached to an aromatic ring is 1. The standard InChI is InChI=1S/C27H30N8O/c1-17-10-22-20(6-7-29-24(22)28)11-21(17)14-30-26(36)23-16-35(25(33-23)19-4-5-19)15-18-12-31-27(32-13-18)34-8-2-3-9-34/h6-7,10-13,16,19H,2-5,8-9,14-15H2,1H3,(H2,28,29)(H,30,36). The van der Waals surface area contributed by atoms with Crippen molar-refractivity contribution in [3.05, 3.63) is 71.2 Å². The molecule has 184 valence electrons. The van der Waals surface area contributed by atoms with Crippen molar-refractivity contribution < 1.29 is 4.79 Å². The van der Waals surface area contributed by atoms with Gasteiger partial charge in [-0.25, -0.2) is 19.9 Å². The zero-order valence-electron chi connectivity index (χ0n) is 20.4. The number of nitrogens with two attached hydrogens (primary N) is 1. The van der Waals surface area contributed by atoms with Crippen LogP contribution in [0.15, 0.2) is 43.0 Å². The second kappa shape index (κ2) is 9.22.